The van der Waals surface area contributed by atoms with E-state index in [1.54, 1.807) is 22.8 Å². The molecule has 0 aliphatic carbocycles. The Morgan fingerprint density at radius 2 is 2.06 bits per heavy atom. The molecular weight excluding hydrogens is 428 g/mol. The summed E-state index contributed by atoms with van der Waals surface area (Å²) >= 11 is 0. The zero-order chi connectivity index (χ0) is 23.7. The second-order valence-corrected chi connectivity index (χ2v) is 8.34. The van der Waals surface area contributed by atoms with E-state index in [1.165, 1.54) is 19.8 Å². The summed E-state index contributed by atoms with van der Waals surface area (Å²) in [6.45, 7) is 4.94. The van der Waals surface area contributed by atoms with E-state index >= 15 is 0 Å². The molecule has 33 heavy (non-hydrogen) atoms. The first-order valence-electron chi connectivity index (χ1n) is 10.7. The first kappa shape index (κ1) is 23.1. The van der Waals surface area contributed by atoms with Crippen molar-refractivity contribution in [2.75, 3.05) is 19.4 Å². The summed E-state index contributed by atoms with van der Waals surface area (Å²) in [5.74, 6) is -0.172. The van der Waals surface area contributed by atoms with Crippen LogP contribution in [0.2, 0.25) is 0 Å². The maximum absolute atomic E-state index is 11.9. The number of carbonyl (C=O) groups is 1. The standard InChI is InChI=1S/C22H28N6O5/c1-12(2)27(8-13-5-4-6-14(7-13)22(31)32-3)9-15-17(29)18(30)21(33-15)28-11-26-16-19(23)24-10-25-20(16)28/h4-7,10-12,15,17-18,21,29-30H,8-9H2,1-3H3,(H2,23,24,25)/t15-,17-,18-,21-/m1/s1. The number of ether oxygens (including phenoxy) is 2. The Bertz CT molecular complexity index is 1140. The van der Waals surface area contributed by atoms with E-state index in [0.29, 0.717) is 29.8 Å². The molecule has 1 aliphatic heterocycles. The topological polar surface area (TPSA) is 149 Å². The molecule has 11 nitrogen and oxygen atoms in total. The summed E-state index contributed by atoms with van der Waals surface area (Å²) in [6, 6.07) is 7.32. The number of hydrogen-bond donors (Lipinski definition) is 3. The van der Waals surface area contributed by atoms with Crippen molar-refractivity contribution in [1.29, 1.82) is 0 Å². The lowest BCUT2D eigenvalue weighted by atomic mass is 10.1. The molecule has 176 valence electrons. The molecule has 4 rings (SSSR count). The number of fused-ring (bicyclic) bond motifs is 1. The van der Waals surface area contributed by atoms with Crippen LogP contribution in [0.25, 0.3) is 11.2 Å². The van der Waals surface area contributed by atoms with E-state index in [4.69, 9.17) is 15.2 Å². The molecule has 4 N–H and O–H groups in total. The van der Waals surface area contributed by atoms with Crippen LogP contribution >= 0.6 is 0 Å². The van der Waals surface area contributed by atoms with Gasteiger partial charge in [0.25, 0.3) is 0 Å². The number of aliphatic hydroxyl groups is 2. The largest absolute Gasteiger partial charge is 0.465 e. The normalized spacial score (nSPS) is 23.0. The maximum atomic E-state index is 11.9. The second-order valence-electron chi connectivity index (χ2n) is 8.34. The first-order valence-corrected chi connectivity index (χ1v) is 10.7. The lowest BCUT2D eigenvalue weighted by molar-refractivity contribution is -0.0477. The number of nitrogens with zero attached hydrogens (tertiary/aromatic N) is 5. The number of esters is 1. The predicted molar refractivity (Wildman–Crippen MR) is 119 cm³/mol. The highest BCUT2D eigenvalue weighted by Gasteiger charge is 2.45. The highest BCUT2D eigenvalue weighted by atomic mass is 16.6. The molecule has 1 aromatic carbocycles. The average Bonchev–Trinajstić information content (AvgIpc) is 3.35. The van der Waals surface area contributed by atoms with Crippen LogP contribution in [0.1, 0.15) is 36.0 Å². The molecule has 0 spiro atoms. The number of nitrogen functional groups attached to an aromatic ring is 1. The maximum Gasteiger partial charge on any atom is 0.337 e. The van der Waals surface area contributed by atoms with E-state index in [9.17, 15) is 15.0 Å². The molecule has 0 unspecified atom stereocenters. The van der Waals surface area contributed by atoms with E-state index in [1.807, 2.05) is 19.9 Å². The third kappa shape index (κ3) is 4.53. The number of imidazole rings is 1. The molecule has 1 fully saturated rings. The van der Waals surface area contributed by atoms with Crippen LogP contribution in [0.15, 0.2) is 36.9 Å². The van der Waals surface area contributed by atoms with Crippen LogP contribution in [0.3, 0.4) is 0 Å². The highest BCUT2D eigenvalue weighted by molar-refractivity contribution is 5.89. The minimum Gasteiger partial charge on any atom is -0.465 e. The van der Waals surface area contributed by atoms with Crippen LogP contribution in [0.5, 0.6) is 0 Å². The smallest absolute Gasteiger partial charge is 0.337 e. The molecule has 0 bridgehead atoms. The third-order valence-electron chi connectivity index (χ3n) is 5.88. The monoisotopic (exact) mass is 456 g/mol. The Hall–Kier alpha value is -3.12. The van der Waals surface area contributed by atoms with Crippen LogP contribution in [-0.4, -0.2) is 78.6 Å². The van der Waals surface area contributed by atoms with Crippen LogP contribution in [0.4, 0.5) is 5.82 Å². The Labute approximate surface area is 190 Å². The van der Waals surface area contributed by atoms with Crippen LogP contribution in [0, 0.1) is 0 Å². The fourth-order valence-electron chi connectivity index (χ4n) is 4.00. The lowest BCUT2D eigenvalue weighted by Crippen LogP contribution is -2.42. The molecule has 1 saturated heterocycles. The zero-order valence-electron chi connectivity index (χ0n) is 18.7. The molecule has 0 amide bonds. The lowest BCUT2D eigenvalue weighted by Gasteiger charge is -2.30. The summed E-state index contributed by atoms with van der Waals surface area (Å²) in [6.07, 6.45) is -1.05. The number of rotatable bonds is 7. The van der Waals surface area contributed by atoms with Crippen molar-refractivity contribution in [3.8, 4) is 0 Å². The quantitative estimate of drug-likeness (QED) is 0.434. The molecule has 1 aliphatic rings. The fraction of sp³-hybridized carbons (Fsp3) is 0.455. The van der Waals surface area contributed by atoms with Gasteiger partial charge in [-0.3, -0.25) is 9.47 Å². The van der Waals surface area contributed by atoms with E-state index in [0.717, 1.165) is 5.56 Å². The summed E-state index contributed by atoms with van der Waals surface area (Å²) < 4.78 is 12.4. The van der Waals surface area contributed by atoms with Crippen LogP contribution in [-0.2, 0) is 16.0 Å². The molecule has 4 atom stereocenters. The van der Waals surface area contributed by atoms with E-state index in [2.05, 4.69) is 19.9 Å². The molecule has 3 heterocycles. The van der Waals surface area contributed by atoms with Gasteiger partial charge < -0.3 is 25.4 Å². The van der Waals surface area contributed by atoms with Gasteiger partial charge in [0.05, 0.1) is 19.0 Å². The summed E-state index contributed by atoms with van der Waals surface area (Å²) in [4.78, 5) is 26.3. The van der Waals surface area contributed by atoms with Gasteiger partial charge in [-0.05, 0) is 31.5 Å². The number of anilines is 1. The molecule has 2 aromatic heterocycles. The Kier molecular flexibility index (Phi) is 6.56. The summed E-state index contributed by atoms with van der Waals surface area (Å²) in [5, 5.41) is 21.5. The number of aliphatic hydroxyl groups excluding tert-OH is 2. The van der Waals surface area contributed by atoms with Crippen molar-refractivity contribution in [3.63, 3.8) is 0 Å². The Balaban J connectivity index is 1.52. The molecule has 0 radical (unpaired) electrons. The summed E-state index contributed by atoms with van der Waals surface area (Å²) in [7, 11) is 1.35. The van der Waals surface area contributed by atoms with Crippen molar-refractivity contribution >= 4 is 23.0 Å². The number of nitrogens with two attached hydrogens (primary N) is 1. The zero-order valence-corrected chi connectivity index (χ0v) is 18.7. The number of hydrogen-bond acceptors (Lipinski definition) is 10. The number of methoxy groups -OCH3 is 1. The van der Waals surface area contributed by atoms with Gasteiger partial charge in [-0.1, -0.05) is 12.1 Å². The van der Waals surface area contributed by atoms with Crippen molar-refractivity contribution in [1.82, 2.24) is 24.4 Å². The van der Waals surface area contributed by atoms with Gasteiger partial charge in [0, 0.05) is 19.1 Å². The van der Waals surface area contributed by atoms with Gasteiger partial charge in [0.2, 0.25) is 0 Å². The molecule has 0 saturated carbocycles. The number of carbonyl (C=O) groups excluding carboxylic acids is 1. The van der Waals surface area contributed by atoms with E-state index < -0.39 is 30.5 Å². The van der Waals surface area contributed by atoms with Gasteiger partial charge >= 0.3 is 5.97 Å². The molecule has 3 aromatic rings. The molecular formula is C22H28N6O5. The van der Waals surface area contributed by atoms with Gasteiger partial charge in [0.15, 0.2) is 17.7 Å². The van der Waals surface area contributed by atoms with Gasteiger partial charge in [0.1, 0.15) is 30.2 Å². The summed E-state index contributed by atoms with van der Waals surface area (Å²) in [5.41, 5.74) is 8.06. The van der Waals surface area contributed by atoms with Gasteiger partial charge in [-0.25, -0.2) is 19.7 Å². The minimum atomic E-state index is -1.18. The highest BCUT2D eigenvalue weighted by Crippen LogP contribution is 2.32. The third-order valence-corrected chi connectivity index (χ3v) is 5.88. The number of benzene rings is 1. The van der Waals surface area contributed by atoms with Gasteiger partial charge in [-0.15, -0.1) is 0 Å². The predicted octanol–water partition coefficient (Wildman–Crippen LogP) is 0.725. The fourth-order valence-corrected chi connectivity index (χ4v) is 4.00. The van der Waals surface area contributed by atoms with Gasteiger partial charge in [-0.2, -0.15) is 0 Å². The van der Waals surface area contributed by atoms with Crippen molar-refractivity contribution in [3.05, 3.63) is 48.0 Å². The molecule has 11 heteroatoms. The van der Waals surface area contributed by atoms with Crippen molar-refractivity contribution in [2.45, 2.75) is 51.0 Å². The average molecular weight is 457 g/mol. The Morgan fingerprint density at radius 1 is 1.27 bits per heavy atom. The Morgan fingerprint density at radius 3 is 2.79 bits per heavy atom. The SMILES string of the molecule is COC(=O)c1cccc(CN(C[C@H]2O[C@@H](n3cnc4c(N)ncnc43)[C@H](O)[C@@H]2O)C(C)C)c1. The minimum absolute atomic E-state index is 0.111. The van der Waals surface area contributed by atoms with E-state index in [-0.39, 0.29) is 11.9 Å². The number of aromatic nitrogens is 4. The second kappa shape index (κ2) is 9.40. The van der Waals surface area contributed by atoms with Crippen LogP contribution < -0.4 is 5.73 Å². The van der Waals surface area contributed by atoms with Crippen molar-refractivity contribution in [2.24, 2.45) is 0 Å². The first-order chi connectivity index (χ1) is 15.8. The van der Waals surface area contributed by atoms with Crippen molar-refractivity contribution < 1.29 is 24.5 Å².